The molecule has 0 saturated carbocycles. The third-order valence-electron chi connectivity index (χ3n) is 5.76. The molecule has 0 bridgehead atoms. The third kappa shape index (κ3) is 6.10. The van der Waals surface area contributed by atoms with E-state index in [2.05, 4.69) is 15.0 Å². The van der Waals surface area contributed by atoms with Gasteiger partial charge < -0.3 is 18.9 Å². The van der Waals surface area contributed by atoms with E-state index in [9.17, 15) is 4.79 Å². The van der Waals surface area contributed by atoms with Gasteiger partial charge >= 0.3 is 0 Å². The fraction of sp³-hybridized carbons (Fsp3) is 0.400. The average Bonchev–Trinajstić information content (AvgIpc) is 3.32. The molecule has 0 atom stereocenters. The van der Waals surface area contributed by atoms with Crippen molar-refractivity contribution in [3.8, 4) is 22.9 Å². The molecule has 33 heavy (non-hydrogen) atoms. The number of aromatic nitrogens is 2. The number of hydrogen-bond donors (Lipinski definition) is 0. The molecule has 1 saturated heterocycles. The molecular formula is C25H30N4O4. The third-order valence-corrected chi connectivity index (χ3v) is 5.76. The predicted molar refractivity (Wildman–Crippen MR) is 124 cm³/mol. The summed E-state index contributed by atoms with van der Waals surface area (Å²) in [5.41, 5.74) is 2.03. The number of amides is 1. The Kier molecular flexibility index (Phi) is 7.57. The van der Waals surface area contributed by atoms with Gasteiger partial charge in [0, 0.05) is 38.2 Å². The molecule has 2 aromatic carbocycles. The van der Waals surface area contributed by atoms with Gasteiger partial charge in [0.15, 0.2) is 0 Å². The van der Waals surface area contributed by atoms with Gasteiger partial charge in [-0.2, -0.15) is 4.98 Å². The van der Waals surface area contributed by atoms with Gasteiger partial charge in [-0.3, -0.25) is 9.69 Å². The summed E-state index contributed by atoms with van der Waals surface area (Å²) in [5.74, 6) is 2.99. The first kappa shape index (κ1) is 22.8. The van der Waals surface area contributed by atoms with E-state index < -0.39 is 0 Å². The van der Waals surface area contributed by atoms with Crippen molar-refractivity contribution in [2.75, 3.05) is 39.9 Å². The second-order valence-electron chi connectivity index (χ2n) is 7.97. The lowest BCUT2D eigenvalue weighted by Gasteiger charge is -2.34. The fourth-order valence-electron chi connectivity index (χ4n) is 3.85. The molecular weight excluding hydrogens is 420 g/mol. The Balaban J connectivity index is 1.21. The molecule has 4 rings (SSSR count). The Morgan fingerprint density at radius 1 is 1.00 bits per heavy atom. The number of aryl methyl sites for hydroxylation is 1. The van der Waals surface area contributed by atoms with Gasteiger partial charge in [0.1, 0.15) is 11.5 Å². The van der Waals surface area contributed by atoms with Crippen LogP contribution < -0.4 is 9.47 Å². The van der Waals surface area contributed by atoms with Gasteiger partial charge in [0.2, 0.25) is 17.6 Å². The number of carbonyl (C=O) groups is 1. The van der Waals surface area contributed by atoms with E-state index in [1.165, 1.54) is 0 Å². The summed E-state index contributed by atoms with van der Waals surface area (Å²) < 4.78 is 16.1. The Bertz CT molecular complexity index is 1030. The van der Waals surface area contributed by atoms with Gasteiger partial charge in [-0.25, -0.2) is 0 Å². The van der Waals surface area contributed by atoms with E-state index in [-0.39, 0.29) is 5.91 Å². The number of carbonyl (C=O) groups excluding carboxylic acids is 1. The summed E-state index contributed by atoms with van der Waals surface area (Å²) in [6, 6.07) is 15.5. The highest BCUT2D eigenvalue weighted by Gasteiger charge is 2.22. The number of hydrogen-bond acceptors (Lipinski definition) is 7. The zero-order valence-electron chi connectivity index (χ0n) is 19.2. The van der Waals surface area contributed by atoms with Crippen LogP contribution >= 0.6 is 0 Å². The van der Waals surface area contributed by atoms with E-state index in [0.29, 0.717) is 44.4 Å². The molecule has 1 fully saturated rings. The molecule has 8 nitrogen and oxygen atoms in total. The van der Waals surface area contributed by atoms with E-state index in [0.717, 1.165) is 42.1 Å². The second-order valence-corrected chi connectivity index (χ2v) is 7.97. The largest absolute Gasteiger partial charge is 0.497 e. The van der Waals surface area contributed by atoms with Crippen molar-refractivity contribution < 1.29 is 18.8 Å². The first-order chi connectivity index (χ1) is 16.1. The van der Waals surface area contributed by atoms with Crippen LogP contribution in [0.1, 0.15) is 24.8 Å². The Morgan fingerprint density at radius 2 is 1.70 bits per heavy atom. The minimum atomic E-state index is 0.197. The van der Waals surface area contributed by atoms with E-state index in [4.69, 9.17) is 14.0 Å². The zero-order chi connectivity index (χ0) is 23.0. The van der Waals surface area contributed by atoms with E-state index in [1.54, 1.807) is 7.11 Å². The summed E-state index contributed by atoms with van der Waals surface area (Å²) in [6.45, 7) is 6.19. The van der Waals surface area contributed by atoms with Crippen molar-refractivity contribution in [1.29, 1.82) is 0 Å². The topological polar surface area (TPSA) is 80.9 Å². The van der Waals surface area contributed by atoms with Crippen molar-refractivity contribution in [3.63, 3.8) is 0 Å². The maximum atomic E-state index is 12.6. The van der Waals surface area contributed by atoms with Crippen molar-refractivity contribution in [3.05, 3.63) is 60.0 Å². The highest BCUT2D eigenvalue weighted by Crippen LogP contribution is 2.20. The van der Waals surface area contributed by atoms with Crippen LogP contribution in [0.5, 0.6) is 11.5 Å². The summed E-state index contributed by atoms with van der Waals surface area (Å²) in [6.07, 6.45) is 1.25. The van der Waals surface area contributed by atoms with Crippen LogP contribution in [0.25, 0.3) is 11.4 Å². The van der Waals surface area contributed by atoms with Crippen LogP contribution in [0.15, 0.2) is 53.1 Å². The van der Waals surface area contributed by atoms with Gasteiger partial charge in [0.05, 0.1) is 20.3 Å². The van der Waals surface area contributed by atoms with Crippen LogP contribution in [0.3, 0.4) is 0 Å². The lowest BCUT2D eigenvalue weighted by atomic mass is 10.1. The standard InChI is InChI=1S/C25H30N4O4/c1-3-32-22-9-4-19(5-10-22)6-13-24(30)29-16-14-28(15-17-29)18-23-26-25(27-33-23)20-7-11-21(31-2)12-8-20/h4-5,7-12H,3,6,13-18H2,1-2H3. The molecule has 0 unspecified atom stereocenters. The van der Waals surface area contributed by atoms with Crippen LogP contribution in [-0.4, -0.2) is 65.7 Å². The SMILES string of the molecule is CCOc1ccc(CCC(=O)N2CCN(Cc3nc(-c4ccc(OC)cc4)no3)CC2)cc1. The predicted octanol–water partition coefficient (Wildman–Crippen LogP) is 3.42. The van der Waals surface area contributed by atoms with Crippen molar-refractivity contribution in [2.45, 2.75) is 26.3 Å². The van der Waals surface area contributed by atoms with Crippen molar-refractivity contribution >= 4 is 5.91 Å². The average molecular weight is 451 g/mol. The molecule has 3 aromatic rings. The first-order valence-corrected chi connectivity index (χ1v) is 11.3. The summed E-state index contributed by atoms with van der Waals surface area (Å²) in [7, 11) is 1.64. The Labute approximate surface area is 194 Å². The normalized spacial score (nSPS) is 14.3. The molecule has 1 aromatic heterocycles. The molecule has 1 amide bonds. The second kappa shape index (κ2) is 11.0. The smallest absolute Gasteiger partial charge is 0.241 e. The van der Waals surface area contributed by atoms with Crippen molar-refractivity contribution in [1.82, 2.24) is 19.9 Å². The van der Waals surface area contributed by atoms with Crippen LogP contribution in [0, 0.1) is 0 Å². The first-order valence-electron chi connectivity index (χ1n) is 11.3. The highest BCUT2D eigenvalue weighted by molar-refractivity contribution is 5.76. The molecule has 1 aliphatic rings. The molecule has 1 aliphatic heterocycles. The maximum absolute atomic E-state index is 12.6. The lowest BCUT2D eigenvalue weighted by Crippen LogP contribution is -2.48. The summed E-state index contributed by atoms with van der Waals surface area (Å²) in [5, 5.41) is 4.09. The number of rotatable bonds is 9. The Morgan fingerprint density at radius 3 is 2.36 bits per heavy atom. The molecule has 2 heterocycles. The van der Waals surface area contributed by atoms with Gasteiger partial charge in [-0.15, -0.1) is 0 Å². The van der Waals surface area contributed by atoms with E-state index >= 15 is 0 Å². The molecule has 0 radical (unpaired) electrons. The monoisotopic (exact) mass is 450 g/mol. The van der Waals surface area contributed by atoms with E-state index in [1.807, 2.05) is 60.4 Å². The number of piperazine rings is 1. The zero-order valence-corrected chi connectivity index (χ0v) is 19.2. The van der Waals surface area contributed by atoms with Gasteiger partial charge in [-0.05, 0) is 55.3 Å². The summed E-state index contributed by atoms with van der Waals surface area (Å²) >= 11 is 0. The van der Waals surface area contributed by atoms with Crippen molar-refractivity contribution in [2.24, 2.45) is 0 Å². The quantitative estimate of drug-likeness (QED) is 0.494. The van der Waals surface area contributed by atoms with Gasteiger partial charge in [-0.1, -0.05) is 17.3 Å². The maximum Gasteiger partial charge on any atom is 0.241 e. The minimum Gasteiger partial charge on any atom is -0.497 e. The number of nitrogens with zero attached hydrogens (tertiary/aromatic N) is 4. The lowest BCUT2D eigenvalue weighted by molar-refractivity contribution is -0.133. The molecule has 0 spiro atoms. The molecule has 0 aliphatic carbocycles. The fourth-order valence-corrected chi connectivity index (χ4v) is 3.85. The minimum absolute atomic E-state index is 0.197. The molecule has 174 valence electrons. The number of ether oxygens (including phenoxy) is 2. The highest BCUT2D eigenvalue weighted by atomic mass is 16.5. The number of benzene rings is 2. The Hall–Kier alpha value is -3.39. The van der Waals surface area contributed by atoms with Crippen LogP contribution in [0.2, 0.25) is 0 Å². The van der Waals surface area contributed by atoms with Crippen LogP contribution in [0.4, 0.5) is 0 Å². The summed E-state index contributed by atoms with van der Waals surface area (Å²) in [4.78, 5) is 21.3. The van der Waals surface area contributed by atoms with Crippen LogP contribution in [-0.2, 0) is 17.8 Å². The molecule has 0 N–H and O–H groups in total. The van der Waals surface area contributed by atoms with Gasteiger partial charge in [0.25, 0.3) is 0 Å². The number of methoxy groups -OCH3 is 1. The molecule has 8 heteroatoms.